The fourth-order valence-electron chi connectivity index (χ4n) is 5.74. The maximum absolute atomic E-state index is 13.4. The van der Waals surface area contributed by atoms with Gasteiger partial charge >= 0.3 is 11.7 Å². The van der Waals surface area contributed by atoms with Crippen LogP contribution in [0.4, 0.5) is 4.79 Å². The standard InChI is InChI=1S/C28H34ClN5O4/c1-38-17-16-33-18-20(19-6-3-2-4-7-19)10-11-23(26(33)35)30-27(36)32-14-12-21(13-15-32)34-24-9-5-8-22(29)25(24)31-28(34)37/h2-9,20-21,23H,10-18H2,1H3,(H,30,36)(H,31,37). The van der Waals surface area contributed by atoms with E-state index in [1.165, 1.54) is 5.56 Å². The maximum atomic E-state index is 13.4. The van der Waals surface area contributed by atoms with Gasteiger partial charge in [0.25, 0.3) is 0 Å². The predicted octanol–water partition coefficient (Wildman–Crippen LogP) is 3.75. The minimum Gasteiger partial charge on any atom is -0.383 e. The molecule has 2 fully saturated rings. The molecule has 5 rings (SSSR count). The number of nitrogens with one attached hydrogen (secondary N) is 2. The molecule has 3 amide bonds. The number of amides is 3. The molecule has 2 saturated heterocycles. The van der Waals surface area contributed by atoms with Crippen LogP contribution in [0, 0.1) is 0 Å². The number of hydrogen-bond acceptors (Lipinski definition) is 4. The first-order valence-corrected chi connectivity index (χ1v) is 13.6. The van der Waals surface area contributed by atoms with Gasteiger partial charge in [0.05, 0.1) is 22.7 Å². The molecule has 3 aromatic rings. The fourth-order valence-corrected chi connectivity index (χ4v) is 5.95. The smallest absolute Gasteiger partial charge is 0.326 e. The zero-order valence-corrected chi connectivity index (χ0v) is 22.3. The molecule has 0 bridgehead atoms. The van der Waals surface area contributed by atoms with Crippen molar-refractivity contribution in [2.24, 2.45) is 0 Å². The maximum Gasteiger partial charge on any atom is 0.326 e. The number of fused-ring (bicyclic) bond motifs is 1. The van der Waals surface area contributed by atoms with E-state index in [-0.39, 0.29) is 29.6 Å². The van der Waals surface area contributed by atoms with Crippen molar-refractivity contribution in [2.45, 2.75) is 43.7 Å². The molecule has 2 N–H and O–H groups in total. The van der Waals surface area contributed by atoms with Crippen LogP contribution in [0.2, 0.25) is 5.02 Å². The molecule has 0 spiro atoms. The van der Waals surface area contributed by atoms with Crippen molar-refractivity contribution in [3.63, 3.8) is 0 Å². The molecule has 9 nitrogen and oxygen atoms in total. The van der Waals surface area contributed by atoms with Crippen molar-refractivity contribution in [1.82, 2.24) is 24.7 Å². The van der Waals surface area contributed by atoms with Gasteiger partial charge in [0.2, 0.25) is 5.91 Å². The highest BCUT2D eigenvalue weighted by Crippen LogP contribution is 2.29. The van der Waals surface area contributed by atoms with Crippen molar-refractivity contribution in [2.75, 3.05) is 39.9 Å². The number of nitrogens with zero attached hydrogens (tertiary/aromatic N) is 3. The van der Waals surface area contributed by atoms with E-state index >= 15 is 0 Å². The van der Waals surface area contributed by atoms with Gasteiger partial charge in [0.1, 0.15) is 6.04 Å². The highest BCUT2D eigenvalue weighted by Gasteiger charge is 2.34. The van der Waals surface area contributed by atoms with E-state index in [2.05, 4.69) is 22.4 Å². The lowest BCUT2D eigenvalue weighted by atomic mass is 9.94. The number of hydrogen-bond donors (Lipinski definition) is 2. The van der Waals surface area contributed by atoms with E-state index in [0.29, 0.717) is 62.6 Å². The topological polar surface area (TPSA) is 99.7 Å². The van der Waals surface area contributed by atoms with E-state index in [4.69, 9.17) is 16.3 Å². The minimum atomic E-state index is -0.579. The Morgan fingerprint density at radius 3 is 2.55 bits per heavy atom. The number of ether oxygens (including phenoxy) is 1. The lowest BCUT2D eigenvalue weighted by molar-refractivity contribution is -0.133. The largest absolute Gasteiger partial charge is 0.383 e. The summed E-state index contributed by atoms with van der Waals surface area (Å²) in [4.78, 5) is 45.8. The van der Waals surface area contributed by atoms with Gasteiger partial charge < -0.3 is 24.8 Å². The van der Waals surface area contributed by atoms with Crippen LogP contribution < -0.4 is 11.0 Å². The van der Waals surface area contributed by atoms with Crippen molar-refractivity contribution >= 4 is 34.6 Å². The Balaban J connectivity index is 1.24. The number of carbonyl (C=O) groups is 2. The van der Waals surface area contributed by atoms with Crippen LogP contribution in [0.1, 0.15) is 43.2 Å². The number of methoxy groups -OCH3 is 1. The number of piperidine rings is 1. The SMILES string of the molecule is COCCN1CC(c2ccccc2)CCC(NC(=O)N2CCC(n3c(=O)[nH]c4c(Cl)cccc43)CC2)C1=O. The van der Waals surface area contributed by atoms with Crippen molar-refractivity contribution in [3.8, 4) is 0 Å². The first-order chi connectivity index (χ1) is 18.5. The van der Waals surface area contributed by atoms with Crippen molar-refractivity contribution in [1.29, 1.82) is 0 Å². The summed E-state index contributed by atoms with van der Waals surface area (Å²) in [5, 5.41) is 3.53. The molecule has 2 aliphatic heterocycles. The Labute approximate surface area is 226 Å². The number of para-hydroxylation sites is 1. The number of aromatic amines is 1. The summed E-state index contributed by atoms with van der Waals surface area (Å²) >= 11 is 6.26. The molecule has 0 saturated carbocycles. The highest BCUT2D eigenvalue weighted by molar-refractivity contribution is 6.34. The van der Waals surface area contributed by atoms with Crippen LogP contribution >= 0.6 is 11.6 Å². The average molecular weight is 540 g/mol. The van der Waals surface area contributed by atoms with Gasteiger partial charge in [-0.25, -0.2) is 9.59 Å². The second-order valence-electron chi connectivity index (χ2n) is 10.1. The Kier molecular flexibility index (Phi) is 8.04. The quantitative estimate of drug-likeness (QED) is 0.498. The van der Waals surface area contributed by atoms with Gasteiger partial charge in [-0.15, -0.1) is 0 Å². The molecule has 0 radical (unpaired) electrons. The summed E-state index contributed by atoms with van der Waals surface area (Å²) < 4.78 is 7.00. The number of H-pyrrole nitrogens is 1. The Bertz CT molecular complexity index is 1330. The average Bonchev–Trinajstić information content (AvgIpc) is 3.20. The molecule has 2 unspecified atom stereocenters. The fraction of sp³-hybridized carbons (Fsp3) is 0.464. The summed E-state index contributed by atoms with van der Waals surface area (Å²) in [7, 11) is 1.62. The van der Waals surface area contributed by atoms with Gasteiger partial charge in [-0.3, -0.25) is 9.36 Å². The normalized spacial score (nSPS) is 21.1. The van der Waals surface area contributed by atoms with Crippen molar-refractivity contribution in [3.05, 3.63) is 69.6 Å². The van der Waals surface area contributed by atoms with Gasteiger partial charge in [-0.05, 0) is 43.4 Å². The number of carbonyl (C=O) groups excluding carboxylic acids is 2. The third-order valence-electron chi connectivity index (χ3n) is 7.81. The molecule has 1 aromatic heterocycles. The second kappa shape index (κ2) is 11.6. The van der Waals surface area contributed by atoms with Crippen LogP contribution in [0.25, 0.3) is 11.0 Å². The van der Waals surface area contributed by atoms with E-state index in [9.17, 15) is 14.4 Å². The number of aromatic nitrogens is 2. The van der Waals surface area contributed by atoms with E-state index in [1.54, 1.807) is 22.6 Å². The number of rotatable bonds is 6. The third-order valence-corrected chi connectivity index (χ3v) is 8.12. The first kappa shape index (κ1) is 26.3. The van der Waals surface area contributed by atoms with Crippen molar-refractivity contribution < 1.29 is 14.3 Å². The number of benzene rings is 2. The number of halogens is 1. The zero-order valence-electron chi connectivity index (χ0n) is 21.6. The zero-order chi connectivity index (χ0) is 26.6. The third kappa shape index (κ3) is 5.44. The highest BCUT2D eigenvalue weighted by atomic mass is 35.5. The Morgan fingerprint density at radius 1 is 1.05 bits per heavy atom. The molecule has 2 atom stereocenters. The lowest BCUT2D eigenvalue weighted by Gasteiger charge is -2.34. The molecule has 2 aromatic carbocycles. The second-order valence-corrected chi connectivity index (χ2v) is 10.5. The van der Waals surface area contributed by atoms with E-state index in [0.717, 1.165) is 11.9 Å². The lowest BCUT2D eigenvalue weighted by Crippen LogP contribution is -2.53. The van der Waals surface area contributed by atoms with Gasteiger partial charge in [-0.2, -0.15) is 0 Å². The summed E-state index contributed by atoms with van der Waals surface area (Å²) in [6, 6.07) is 14.8. The van der Waals surface area contributed by atoms with Gasteiger partial charge in [0, 0.05) is 45.2 Å². The summed E-state index contributed by atoms with van der Waals surface area (Å²) in [6.45, 7) is 2.53. The summed E-state index contributed by atoms with van der Waals surface area (Å²) in [6.07, 6.45) is 2.66. The molecular formula is C28H34ClN5O4. The molecule has 38 heavy (non-hydrogen) atoms. The van der Waals surface area contributed by atoms with Crippen LogP contribution in [-0.4, -0.2) is 77.2 Å². The monoisotopic (exact) mass is 539 g/mol. The van der Waals surface area contributed by atoms with E-state index in [1.807, 2.05) is 35.2 Å². The van der Waals surface area contributed by atoms with E-state index < -0.39 is 6.04 Å². The summed E-state index contributed by atoms with van der Waals surface area (Å²) in [5.41, 5.74) is 2.42. The molecular weight excluding hydrogens is 506 g/mol. The molecule has 3 heterocycles. The molecule has 202 valence electrons. The Hall–Kier alpha value is -3.30. The molecule has 10 heteroatoms. The summed E-state index contributed by atoms with van der Waals surface area (Å²) in [5.74, 6) is 0.142. The molecule has 0 aliphatic carbocycles. The number of likely N-dealkylation sites (tertiary alicyclic amines) is 2. The van der Waals surface area contributed by atoms with Crippen LogP contribution in [0.15, 0.2) is 53.3 Å². The number of urea groups is 1. The van der Waals surface area contributed by atoms with Gasteiger partial charge in [-0.1, -0.05) is 48.0 Å². The molecule has 2 aliphatic rings. The predicted molar refractivity (Wildman–Crippen MR) is 147 cm³/mol. The Morgan fingerprint density at radius 2 is 1.82 bits per heavy atom. The number of imidazole rings is 1. The first-order valence-electron chi connectivity index (χ1n) is 13.2. The van der Waals surface area contributed by atoms with Crippen LogP contribution in [0.3, 0.4) is 0 Å². The van der Waals surface area contributed by atoms with Crippen LogP contribution in [-0.2, 0) is 9.53 Å². The van der Waals surface area contributed by atoms with Crippen LogP contribution in [0.5, 0.6) is 0 Å². The minimum absolute atomic E-state index is 0.0329. The van der Waals surface area contributed by atoms with Gasteiger partial charge in [0.15, 0.2) is 0 Å².